The van der Waals surface area contributed by atoms with Crippen LogP contribution in [-0.4, -0.2) is 29.8 Å². The van der Waals surface area contributed by atoms with Crippen LogP contribution in [0.25, 0.3) is 11.0 Å². The summed E-state index contributed by atoms with van der Waals surface area (Å²) in [7, 11) is 0. The van der Waals surface area contributed by atoms with Gasteiger partial charge in [-0.1, -0.05) is 12.8 Å². The van der Waals surface area contributed by atoms with Crippen molar-refractivity contribution in [2.45, 2.75) is 94.9 Å². The first-order chi connectivity index (χ1) is 18.0. The summed E-state index contributed by atoms with van der Waals surface area (Å²) < 4.78 is 5.63. The molecule has 1 atom stereocenters. The van der Waals surface area contributed by atoms with Crippen LogP contribution in [0.1, 0.15) is 95.0 Å². The third-order valence-electron chi connectivity index (χ3n) is 9.37. The number of hydrogen-bond acceptors (Lipinski definition) is 5. The van der Waals surface area contributed by atoms with Crippen LogP contribution in [0.2, 0.25) is 0 Å². The Bertz CT molecular complexity index is 1150. The van der Waals surface area contributed by atoms with Crippen molar-refractivity contribution in [2.24, 2.45) is 17.8 Å². The molecule has 198 valence electrons. The van der Waals surface area contributed by atoms with Gasteiger partial charge in [-0.15, -0.1) is 0 Å². The fourth-order valence-electron chi connectivity index (χ4n) is 8.05. The van der Waals surface area contributed by atoms with Gasteiger partial charge in [0.25, 0.3) is 0 Å². The summed E-state index contributed by atoms with van der Waals surface area (Å²) in [5.74, 6) is 2.02. The number of unbranched alkanes of at least 4 members (excludes halogenated alkanes) is 3. The molecule has 2 aromatic rings. The average molecular weight is 506 g/mol. The lowest BCUT2D eigenvalue weighted by Crippen LogP contribution is -2.58. The van der Waals surface area contributed by atoms with Gasteiger partial charge in [0.1, 0.15) is 5.58 Å². The standard InChI is InChI=1S/C30H39N3O4/c34-27(5-3-1-2-4-10-31-30-15-19-11-20(16-30)13-21(12-19)17-30)32-22-6-8-26-24(14-22)25(18-37-26)23-7-9-28(35)33-29(23)36/h6,8,14,18-21,23,31H,1-5,7,9-13,15-17H2,(H,32,34)(H,33,35,36). The van der Waals surface area contributed by atoms with Crippen LogP contribution in [0, 0.1) is 17.8 Å². The van der Waals surface area contributed by atoms with Gasteiger partial charge < -0.3 is 15.1 Å². The maximum Gasteiger partial charge on any atom is 0.234 e. The highest BCUT2D eigenvalue weighted by Gasteiger charge is 2.50. The van der Waals surface area contributed by atoms with Crippen molar-refractivity contribution in [3.8, 4) is 0 Å². The van der Waals surface area contributed by atoms with E-state index in [1.165, 1.54) is 44.9 Å². The second kappa shape index (κ2) is 10.2. The lowest BCUT2D eigenvalue weighted by Gasteiger charge is -2.57. The molecule has 1 saturated heterocycles. The first-order valence-electron chi connectivity index (χ1n) is 14.4. The topological polar surface area (TPSA) is 100 Å². The first-order valence-corrected chi connectivity index (χ1v) is 14.4. The number of carbonyl (C=O) groups excluding carboxylic acids is 3. The minimum atomic E-state index is -0.415. The van der Waals surface area contributed by atoms with Crippen LogP contribution in [0.4, 0.5) is 5.69 Å². The van der Waals surface area contributed by atoms with Crippen LogP contribution >= 0.6 is 0 Å². The van der Waals surface area contributed by atoms with Crippen LogP contribution in [0.3, 0.4) is 0 Å². The summed E-state index contributed by atoms with van der Waals surface area (Å²) >= 11 is 0. The molecule has 3 amide bonds. The van der Waals surface area contributed by atoms with Gasteiger partial charge in [0.05, 0.1) is 12.2 Å². The molecular formula is C30H39N3O4. The minimum absolute atomic E-state index is 0.0112. The van der Waals surface area contributed by atoms with Gasteiger partial charge in [-0.2, -0.15) is 0 Å². The highest BCUT2D eigenvalue weighted by molar-refractivity contribution is 6.03. The lowest BCUT2D eigenvalue weighted by atomic mass is 9.53. The smallest absolute Gasteiger partial charge is 0.234 e. The summed E-state index contributed by atoms with van der Waals surface area (Å²) in [5.41, 5.74) is 2.58. The molecule has 1 aliphatic heterocycles. The molecule has 1 aromatic carbocycles. The van der Waals surface area contributed by atoms with Crippen molar-refractivity contribution in [1.82, 2.24) is 10.6 Å². The van der Waals surface area contributed by atoms with Crippen molar-refractivity contribution in [3.05, 3.63) is 30.0 Å². The van der Waals surface area contributed by atoms with E-state index in [1.54, 1.807) is 6.26 Å². The zero-order valence-corrected chi connectivity index (χ0v) is 21.7. The van der Waals surface area contributed by atoms with Gasteiger partial charge >= 0.3 is 0 Å². The predicted molar refractivity (Wildman–Crippen MR) is 142 cm³/mol. The molecular weight excluding hydrogens is 466 g/mol. The molecule has 1 unspecified atom stereocenters. The Morgan fingerprint density at radius 2 is 1.73 bits per heavy atom. The quantitative estimate of drug-likeness (QED) is 0.297. The number of carbonyl (C=O) groups is 3. The number of imide groups is 1. The highest BCUT2D eigenvalue weighted by atomic mass is 16.3. The van der Waals surface area contributed by atoms with E-state index in [-0.39, 0.29) is 17.7 Å². The van der Waals surface area contributed by atoms with Crippen LogP contribution in [-0.2, 0) is 14.4 Å². The number of benzene rings is 1. The molecule has 4 aliphatic carbocycles. The molecule has 37 heavy (non-hydrogen) atoms. The Hall–Kier alpha value is -2.67. The van der Waals surface area contributed by atoms with Gasteiger partial charge in [-0.3, -0.25) is 19.7 Å². The molecule has 4 bridgehead atoms. The number of nitrogens with one attached hydrogen (secondary N) is 3. The largest absolute Gasteiger partial charge is 0.464 e. The summed E-state index contributed by atoms with van der Waals surface area (Å²) in [6, 6.07) is 5.51. The van der Waals surface area contributed by atoms with Crippen molar-refractivity contribution < 1.29 is 18.8 Å². The Morgan fingerprint density at radius 3 is 2.46 bits per heavy atom. The van der Waals surface area contributed by atoms with Gasteiger partial charge in [0, 0.05) is 35.0 Å². The number of hydrogen-bond donors (Lipinski definition) is 3. The van der Waals surface area contributed by atoms with E-state index < -0.39 is 5.92 Å². The van der Waals surface area contributed by atoms with E-state index in [0.29, 0.717) is 36.1 Å². The SMILES string of the molecule is O=C1CCC(c2coc3ccc(NC(=O)CCCCCCNC45CC6CC(CC(C6)C4)C5)cc23)C(=O)N1. The monoisotopic (exact) mass is 505 g/mol. The molecule has 0 radical (unpaired) electrons. The molecule has 4 saturated carbocycles. The van der Waals surface area contributed by atoms with Crippen LogP contribution in [0.15, 0.2) is 28.9 Å². The molecule has 7 nitrogen and oxygen atoms in total. The summed E-state index contributed by atoms with van der Waals surface area (Å²) in [4.78, 5) is 36.4. The Morgan fingerprint density at radius 1 is 1.00 bits per heavy atom. The second-order valence-corrected chi connectivity index (χ2v) is 12.2. The van der Waals surface area contributed by atoms with E-state index in [0.717, 1.165) is 54.5 Å². The Labute approximate surface area is 218 Å². The molecule has 7 rings (SSSR count). The van der Waals surface area contributed by atoms with E-state index in [1.807, 2.05) is 18.2 Å². The maximum atomic E-state index is 12.6. The van der Waals surface area contributed by atoms with Crippen LogP contribution < -0.4 is 16.0 Å². The van der Waals surface area contributed by atoms with Crippen molar-refractivity contribution in [2.75, 3.05) is 11.9 Å². The second-order valence-electron chi connectivity index (χ2n) is 12.2. The van der Waals surface area contributed by atoms with Gasteiger partial charge in [-0.05, 0) is 100 Å². The zero-order valence-electron chi connectivity index (χ0n) is 21.7. The fraction of sp³-hybridized carbons (Fsp3) is 0.633. The number of furan rings is 1. The third-order valence-corrected chi connectivity index (χ3v) is 9.37. The van der Waals surface area contributed by atoms with Crippen LogP contribution in [0.5, 0.6) is 0 Å². The number of anilines is 1. The molecule has 2 heterocycles. The normalized spacial score (nSPS) is 30.6. The zero-order chi connectivity index (χ0) is 25.4. The van der Waals surface area contributed by atoms with Gasteiger partial charge in [0.2, 0.25) is 17.7 Å². The minimum Gasteiger partial charge on any atom is -0.464 e. The van der Waals surface area contributed by atoms with E-state index in [4.69, 9.17) is 4.42 Å². The van der Waals surface area contributed by atoms with Gasteiger partial charge in [-0.25, -0.2) is 0 Å². The van der Waals surface area contributed by atoms with Gasteiger partial charge in [0.15, 0.2) is 0 Å². The Balaban J connectivity index is 0.928. The molecule has 3 N–H and O–H groups in total. The van der Waals surface area contributed by atoms with E-state index in [9.17, 15) is 14.4 Å². The summed E-state index contributed by atoms with van der Waals surface area (Å²) in [5, 5.41) is 10.2. The first kappa shape index (κ1) is 24.7. The fourth-order valence-corrected chi connectivity index (χ4v) is 8.05. The van der Waals surface area contributed by atoms with Crippen molar-refractivity contribution in [1.29, 1.82) is 0 Å². The number of amides is 3. The van der Waals surface area contributed by atoms with E-state index in [2.05, 4.69) is 16.0 Å². The average Bonchev–Trinajstić information content (AvgIpc) is 3.25. The number of rotatable bonds is 10. The molecule has 7 heteroatoms. The molecule has 5 fully saturated rings. The summed E-state index contributed by atoms with van der Waals surface area (Å²) in [6.45, 7) is 1.11. The highest BCUT2D eigenvalue weighted by Crippen LogP contribution is 2.55. The Kier molecular flexibility index (Phi) is 6.82. The summed E-state index contributed by atoms with van der Waals surface area (Å²) in [6.07, 6.45) is 15.8. The van der Waals surface area contributed by atoms with Crippen molar-refractivity contribution >= 4 is 34.4 Å². The van der Waals surface area contributed by atoms with E-state index >= 15 is 0 Å². The maximum absolute atomic E-state index is 12.6. The predicted octanol–water partition coefficient (Wildman–Crippen LogP) is 5.40. The third kappa shape index (κ3) is 5.33. The molecule has 1 aromatic heterocycles. The lowest BCUT2D eigenvalue weighted by molar-refractivity contribution is -0.134. The molecule has 0 spiro atoms. The number of fused-ring (bicyclic) bond motifs is 1. The number of piperidine rings is 1. The molecule has 5 aliphatic rings. The van der Waals surface area contributed by atoms with Crippen molar-refractivity contribution in [3.63, 3.8) is 0 Å².